The van der Waals surface area contributed by atoms with E-state index in [4.69, 9.17) is 4.74 Å². The third kappa shape index (κ3) is 3.51. The van der Waals surface area contributed by atoms with Crippen molar-refractivity contribution in [1.82, 2.24) is 9.80 Å². The normalized spacial score (nSPS) is 26.1. The summed E-state index contributed by atoms with van der Waals surface area (Å²) in [6.45, 7) is 5.78. The van der Waals surface area contributed by atoms with Crippen molar-refractivity contribution in [2.45, 2.75) is 19.1 Å². The Kier molecular flexibility index (Phi) is 6.47. The summed E-state index contributed by atoms with van der Waals surface area (Å²) in [4.78, 5) is 16.8. The van der Waals surface area contributed by atoms with Gasteiger partial charge in [-0.25, -0.2) is 4.79 Å². The number of fused-ring (bicyclic) bond motifs is 1. The van der Waals surface area contributed by atoms with Crippen LogP contribution in [0.2, 0.25) is 0 Å². The first-order valence-corrected chi connectivity index (χ1v) is 6.89. The van der Waals surface area contributed by atoms with Crippen LogP contribution in [0.25, 0.3) is 0 Å². The van der Waals surface area contributed by atoms with E-state index < -0.39 is 0 Å². The molecule has 21 heavy (non-hydrogen) atoms. The second kappa shape index (κ2) is 7.45. The lowest BCUT2D eigenvalue weighted by atomic mass is 9.93. The number of nitrogens with zero attached hydrogens (tertiary/aromatic N) is 2. The number of carbonyl (C=O) groups is 1. The lowest BCUT2D eigenvalue weighted by Gasteiger charge is -2.40. The monoisotopic (exact) mass is 332 g/mol. The van der Waals surface area contributed by atoms with Crippen LogP contribution in [0.1, 0.15) is 30.2 Å². The fourth-order valence-corrected chi connectivity index (χ4v) is 2.99. The Hall–Kier alpha value is -0.810. The van der Waals surface area contributed by atoms with Crippen molar-refractivity contribution in [2.75, 3.05) is 33.2 Å². The number of esters is 1. The highest BCUT2D eigenvalue weighted by Crippen LogP contribution is 2.36. The van der Waals surface area contributed by atoms with Gasteiger partial charge in [-0.15, -0.1) is 24.8 Å². The zero-order chi connectivity index (χ0) is 13.4. The number of halogens is 2. The minimum atomic E-state index is -0.221. The van der Waals surface area contributed by atoms with Crippen molar-refractivity contribution < 1.29 is 9.53 Å². The van der Waals surface area contributed by atoms with Gasteiger partial charge >= 0.3 is 5.97 Å². The lowest BCUT2D eigenvalue weighted by Crippen LogP contribution is -2.49. The Morgan fingerprint density at radius 2 is 1.62 bits per heavy atom. The molecule has 2 heterocycles. The number of rotatable bonds is 1. The molecule has 2 aliphatic heterocycles. The quantitative estimate of drug-likeness (QED) is 0.739. The summed E-state index contributed by atoms with van der Waals surface area (Å²) in [5.41, 5.74) is 2.27. The fourth-order valence-electron chi connectivity index (χ4n) is 2.99. The van der Waals surface area contributed by atoms with Crippen molar-refractivity contribution in [3.05, 3.63) is 35.4 Å². The van der Waals surface area contributed by atoms with Crippen LogP contribution in [-0.2, 0) is 9.53 Å². The molecule has 2 atom stereocenters. The van der Waals surface area contributed by atoms with Crippen LogP contribution in [-0.4, -0.2) is 49.0 Å². The molecule has 1 fully saturated rings. The molecule has 0 unspecified atom stereocenters. The molecule has 0 saturated carbocycles. The molecule has 118 valence electrons. The third-order valence-corrected chi connectivity index (χ3v) is 4.15. The molecule has 1 aromatic carbocycles. The van der Waals surface area contributed by atoms with Gasteiger partial charge < -0.3 is 9.64 Å². The zero-order valence-electron chi connectivity index (χ0n) is 12.3. The van der Waals surface area contributed by atoms with E-state index in [9.17, 15) is 4.79 Å². The van der Waals surface area contributed by atoms with Gasteiger partial charge in [0.2, 0.25) is 0 Å². The van der Waals surface area contributed by atoms with Gasteiger partial charge in [0, 0.05) is 26.2 Å². The predicted molar refractivity (Wildman–Crippen MR) is 87.3 cm³/mol. The highest BCUT2D eigenvalue weighted by Gasteiger charge is 2.37. The molecule has 1 aromatic rings. The molecular weight excluding hydrogens is 311 g/mol. The van der Waals surface area contributed by atoms with Crippen LogP contribution in [0.4, 0.5) is 0 Å². The lowest BCUT2D eigenvalue weighted by molar-refractivity contribution is -0.158. The first kappa shape index (κ1) is 18.2. The molecule has 0 amide bonds. The van der Waals surface area contributed by atoms with Crippen molar-refractivity contribution in [2.24, 2.45) is 0 Å². The van der Waals surface area contributed by atoms with Crippen molar-refractivity contribution in [1.29, 1.82) is 0 Å². The SMILES string of the molecule is C[C@@H]1OC(=O)[C@H](N2CCN(C)CC2)c2ccccc21.Cl.Cl. The molecule has 1 saturated heterocycles. The molecular formula is C15H22Cl2N2O2. The summed E-state index contributed by atoms with van der Waals surface area (Å²) in [6, 6.07) is 7.93. The van der Waals surface area contributed by atoms with E-state index in [1.807, 2.05) is 19.1 Å². The summed E-state index contributed by atoms with van der Waals surface area (Å²) in [5.74, 6) is -0.101. The van der Waals surface area contributed by atoms with E-state index in [1.165, 1.54) is 0 Å². The standard InChI is InChI=1S/C15H20N2O2.2ClH/c1-11-12-5-3-4-6-13(12)14(15(18)19-11)17-9-7-16(2)8-10-17;;/h3-6,11,14H,7-10H2,1-2H3;2*1H/t11-,14+;;/m0../s1. The van der Waals surface area contributed by atoms with Crippen LogP contribution >= 0.6 is 24.8 Å². The van der Waals surface area contributed by atoms with Crippen LogP contribution in [0.5, 0.6) is 0 Å². The molecule has 0 radical (unpaired) electrons. The largest absolute Gasteiger partial charge is 0.456 e. The van der Waals surface area contributed by atoms with Gasteiger partial charge in [-0.05, 0) is 25.1 Å². The van der Waals surface area contributed by atoms with Gasteiger partial charge in [0.1, 0.15) is 12.1 Å². The van der Waals surface area contributed by atoms with Crippen molar-refractivity contribution >= 4 is 30.8 Å². The Bertz CT molecular complexity index is 490. The number of carbonyl (C=O) groups excluding carboxylic acids is 1. The maximum absolute atomic E-state index is 12.3. The molecule has 2 aliphatic rings. The molecule has 0 aromatic heterocycles. The van der Waals surface area contributed by atoms with Crippen LogP contribution in [0.15, 0.2) is 24.3 Å². The predicted octanol–water partition coefficient (Wildman–Crippen LogP) is 2.44. The number of hydrogen-bond donors (Lipinski definition) is 0. The van der Waals surface area contributed by atoms with Gasteiger partial charge in [-0.1, -0.05) is 24.3 Å². The molecule has 0 spiro atoms. The maximum Gasteiger partial charge on any atom is 0.328 e. The van der Waals surface area contributed by atoms with Crippen LogP contribution in [0, 0.1) is 0 Å². The minimum Gasteiger partial charge on any atom is -0.456 e. The van der Waals surface area contributed by atoms with Crippen LogP contribution < -0.4 is 0 Å². The molecule has 4 nitrogen and oxygen atoms in total. The summed E-state index contributed by atoms with van der Waals surface area (Å²) in [7, 11) is 2.12. The van der Waals surface area contributed by atoms with Gasteiger partial charge in [0.25, 0.3) is 0 Å². The molecule has 0 bridgehead atoms. The number of ether oxygens (including phenoxy) is 1. The second-order valence-corrected chi connectivity index (χ2v) is 5.45. The summed E-state index contributed by atoms with van der Waals surface area (Å²) < 4.78 is 5.51. The van der Waals surface area contributed by atoms with E-state index in [1.54, 1.807) is 0 Å². The summed E-state index contributed by atoms with van der Waals surface area (Å²) >= 11 is 0. The van der Waals surface area contributed by atoms with E-state index in [-0.39, 0.29) is 42.9 Å². The number of benzene rings is 1. The Morgan fingerprint density at radius 3 is 2.24 bits per heavy atom. The summed E-state index contributed by atoms with van der Waals surface area (Å²) in [5, 5.41) is 0. The molecule has 6 heteroatoms. The number of cyclic esters (lactones) is 1. The average Bonchev–Trinajstić information content (AvgIpc) is 2.41. The fraction of sp³-hybridized carbons (Fsp3) is 0.533. The molecule has 0 N–H and O–H groups in total. The molecule has 0 aliphatic carbocycles. The van der Waals surface area contributed by atoms with Gasteiger partial charge in [-0.2, -0.15) is 0 Å². The first-order chi connectivity index (χ1) is 9.16. The van der Waals surface area contributed by atoms with E-state index in [0.717, 1.165) is 37.3 Å². The highest BCUT2D eigenvalue weighted by molar-refractivity contribution is 5.85. The smallest absolute Gasteiger partial charge is 0.328 e. The average molecular weight is 333 g/mol. The van der Waals surface area contributed by atoms with E-state index in [0.29, 0.717) is 0 Å². The van der Waals surface area contributed by atoms with Crippen molar-refractivity contribution in [3.63, 3.8) is 0 Å². The Morgan fingerprint density at radius 1 is 1.05 bits per heavy atom. The first-order valence-electron chi connectivity index (χ1n) is 6.89. The van der Waals surface area contributed by atoms with Gasteiger partial charge in [0.15, 0.2) is 0 Å². The Labute approximate surface area is 138 Å². The van der Waals surface area contributed by atoms with Gasteiger partial charge in [-0.3, -0.25) is 4.90 Å². The minimum absolute atomic E-state index is 0. The van der Waals surface area contributed by atoms with Gasteiger partial charge in [0.05, 0.1) is 0 Å². The topological polar surface area (TPSA) is 32.8 Å². The van der Waals surface area contributed by atoms with Crippen LogP contribution in [0.3, 0.4) is 0 Å². The maximum atomic E-state index is 12.3. The number of hydrogen-bond acceptors (Lipinski definition) is 4. The number of likely N-dealkylation sites (N-methyl/N-ethyl adjacent to an activating group) is 1. The van der Waals surface area contributed by atoms with E-state index in [2.05, 4.69) is 29.0 Å². The highest BCUT2D eigenvalue weighted by atomic mass is 35.5. The Balaban J connectivity index is 0.00000110. The molecule has 3 rings (SSSR count). The zero-order valence-corrected chi connectivity index (χ0v) is 14.0. The number of piperazine rings is 1. The second-order valence-electron chi connectivity index (χ2n) is 5.45. The summed E-state index contributed by atoms with van der Waals surface area (Å²) in [6.07, 6.45) is -0.132. The third-order valence-electron chi connectivity index (χ3n) is 4.15. The van der Waals surface area contributed by atoms with E-state index >= 15 is 0 Å². The van der Waals surface area contributed by atoms with Crippen molar-refractivity contribution in [3.8, 4) is 0 Å².